The van der Waals surface area contributed by atoms with Crippen LogP contribution in [-0.2, 0) is 19.5 Å². The summed E-state index contributed by atoms with van der Waals surface area (Å²) in [5.74, 6) is 0.620. The van der Waals surface area contributed by atoms with Crippen LogP contribution in [0.5, 0.6) is 0 Å². The Morgan fingerprint density at radius 3 is 2.29 bits per heavy atom. The van der Waals surface area contributed by atoms with Gasteiger partial charge in [0.2, 0.25) is 5.95 Å². The Labute approximate surface area is 183 Å². The lowest BCUT2D eigenvalue weighted by molar-refractivity contribution is 0.241. The first kappa shape index (κ1) is 20.1. The van der Waals surface area contributed by atoms with E-state index in [-0.39, 0.29) is 5.82 Å². The molecule has 0 amide bonds. The van der Waals surface area contributed by atoms with E-state index in [0.29, 0.717) is 0 Å². The molecule has 160 valence electrons. The van der Waals surface area contributed by atoms with Crippen molar-refractivity contribution in [1.82, 2.24) is 14.9 Å². The average molecular weight is 417 g/mol. The SMILES string of the molecule is Fc1ccc(-c2nc(N3CCCCCC3)nc3c2CCN(Cc2ccccc2)C3)cc1. The number of aromatic nitrogens is 2. The van der Waals surface area contributed by atoms with Gasteiger partial charge in [-0.1, -0.05) is 43.2 Å². The van der Waals surface area contributed by atoms with Crippen molar-refractivity contribution < 1.29 is 4.39 Å². The van der Waals surface area contributed by atoms with E-state index in [1.807, 2.05) is 12.1 Å². The van der Waals surface area contributed by atoms with Crippen molar-refractivity contribution in [3.05, 3.63) is 77.2 Å². The lowest BCUT2D eigenvalue weighted by Gasteiger charge is -2.31. The van der Waals surface area contributed by atoms with Crippen LogP contribution < -0.4 is 4.90 Å². The van der Waals surface area contributed by atoms with Crippen LogP contribution in [0.3, 0.4) is 0 Å². The number of halogens is 1. The summed E-state index contributed by atoms with van der Waals surface area (Å²) < 4.78 is 13.6. The van der Waals surface area contributed by atoms with Gasteiger partial charge in [0.1, 0.15) is 5.82 Å². The Bertz CT molecular complexity index is 1010. The molecule has 5 heteroatoms. The van der Waals surface area contributed by atoms with Crippen LogP contribution in [0.25, 0.3) is 11.3 Å². The number of rotatable bonds is 4. The van der Waals surface area contributed by atoms with Gasteiger partial charge in [-0.2, -0.15) is 0 Å². The van der Waals surface area contributed by atoms with Crippen molar-refractivity contribution in [2.75, 3.05) is 24.5 Å². The van der Waals surface area contributed by atoms with Crippen LogP contribution >= 0.6 is 0 Å². The smallest absolute Gasteiger partial charge is 0.226 e. The van der Waals surface area contributed by atoms with Crippen molar-refractivity contribution in [2.45, 2.75) is 45.2 Å². The average Bonchev–Trinajstić information content (AvgIpc) is 3.09. The van der Waals surface area contributed by atoms with Gasteiger partial charge in [-0.3, -0.25) is 4.90 Å². The zero-order chi connectivity index (χ0) is 21.0. The second-order valence-electron chi connectivity index (χ2n) is 8.65. The van der Waals surface area contributed by atoms with E-state index in [9.17, 15) is 4.39 Å². The number of fused-ring (bicyclic) bond motifs is 1. The fourth-order valence-electron chi connectivity index (χ4n) is 4.71. The maximum Gasteiger partial charge on any atom is 0.226 e. The second-order valence-corrected chi connectivity index (χ2v) is 8.65. The maximum absolute atomic E-state index is 13.6. The Morgan fingerprint density at radius 2 is 1.55 bits per heavy atom. The summed E-state index contributed by atoms with van der Waals surface area (Å²) in [7, 11) is 0. The minimum Gasteiger partial charge on any atom is -0.341 e. The molecule has 3 aromatic rings. The first-order valence-electron chi connectivity index (χ1n) is 11.4. The normalized spacial score (nSPS) is 17.3. The third-order valence-electron chi connectivity index (χ3n) is 6.39. The molecule has 0 spiro atoms. The molecule has 0 saturated carbocycles. The number of nitrogens with zero attached hydrogens (tertiary/aromatic N) is 4. The first-order chi connectivity index (χ1) is 15.3. The van der Waals surface area contributed by atoms with Gasteiger partial charge in [0.05, 0.1) is 11.4 Å². The Morgan fingerprint density at radius 1 is 0.806 bits per heavy atom. The minimum atomic E-state index is -0.214. The molecule has 1 saturated heterocycles. The topological polar surface area (TPSA) is 32.3 Å². The highest BCUT2D eigenvalue weighted by molar-refractivity contribution is 5.66. The van der Waals surface area contributed by atoms with Crippen molar-refractivity contribution in [3.8, 4) is 11.3 Å². The Kier molecular flexibility index (Phi) is 5.94. The standard InChI is InChI=1S/C26H29FN4/c27-22-12-10-21(11-13-22)25-23-14-17-30(18-20-8-4-3-5-9-20)19-24(23)28-26(29-25)31-15-6-1-2-7-16-31/h3-5,8-13H,1-2,6-7,14-19H2. The Hall–Kier alpha value is -2.79. The summed E-state index contributed by atoms with van der Waals surface area (Å²) in [6.45, 7) is 4.74. The molecule has 2 aliphatic heterocycles. The highest BCUT2D eigenvalue weighted by atomic mass is 19.1. The lowest BCUT2D eigenvalue weighted by Crippen LogP contribution is -2.33. The van der Waals surface area contributed by atoms with E-state index in [0.717, 1.165) is 62.0 Å². The molecule has 31 heavy (non-hydrogen) atoms. The van der Waals surface area contributed by atoms with Gasteiger partial charge in [0, 0.05) is 43.9 Å². The molecule has 2 aromatic carbocycles. The first-order valence-corrected chi connectivity index (χ1v) is 11.4. The summed E-state index contributed by atoms with van der Waals surface area (Å²) in [5.41, 5.74) is 5.62. The van der Waals surface area contributed by atoms with Crippen molar-refractivity contribution in [3.63, 3.8) is 0 Å². The highest BCUT2D eigenvalue weighted by Gasteiger charge is 2.25. The predicted octanol–water partition coefficient (Wildman–Crippen LogP) is 5.22. The number of hydrogen-bond donors (Lipinski definition) is 0. The molecule has 0 bridgehead atoms. The van der Waals surface area contributed by atoms with E-state index >= 15 is 0 Å². The van der Waals surface area contributed by atoms with Crippen molar-refractivity contribution in [1.29, 1.82) is 0 Å². The van der Waals surface area contributed by atoms with Crippen LogP contribution in [0.1, 0.15) is 42.5 Å². The lowest BCUT2D eigenvalue weighted by atomic mass is 9.98. The largest absolute Gasteiger partial charge is 0.341 e. The van der Waals surface area contributed by atoms with Crippen LogP contribution in [0.4, 0.5) is 10.3 Å². The van der Waals surface area contributed by atoms with Gasteiger partial charge in [-0.25, -0.2) is 14.4 Å². The molecule has 0 radical (unpaired) electrons. The monoisotopic (exact) mass is 416 g/mol. The van der Waals surface area contributed by atoms with Crippen LogP contribution in [0.15, 0.2) is 54.6 Å². The van der Waals surface area contributed by atoms with Crippen LogP contribution in [0.2, 0.25) is 0 Å². The van der Waals surface area contributed by atoms with Crippen molar-refractivity contribution >= 4 is 5.95 Å². The van der Waals surface area contributed by atoms with E-state index in [4.69, 9.17) is 9.97 Å². The second kappa shape index (κ2) is 9.15. The summed E-state index contributed by atoms with van der Waals surface area (Å²) in [4.78, 5) is 14.9. The molecular formula is C26H29FN4. The molecule has 3 heterocycles. The molecular weight excluding hydrogens is 387 g/mol. The molecule has 0 unspecified atom stereocenters. The zero-order valence-corrected chi connectivity index (χ0v) is 17.9. The summed E-state index contributed by atoms with van der Waals surface area (Å²) in [6, 6.07) is 17.4. The van der Waals surface area contributed by atoms with Gasteiger partial charge in [-0.15, -0.1) is 0 Å². The van der Waals surface area contributed by atoms with E-state index in [2.05, 4.69) is 40.1 Å². The molecule has 1 fully saturated rings. The molecule has 0 atom stereocenters. The number of benzene rings is 2. The fraction of sp³-hybridized carbons (Fsp3) is 0.385. The molecule has 4 nitrogen and oxygen atoms in total. The van der Waals surface area contributed by atoms with E-state index < -0.39 is 0 Å². The van der Waals surface area contributed by atoms with Crippen LogP contribution in [-0.4, -0.2) is 34.5 Å². The van der Waals surface area contributed by atoms with Gasteiger partial charge in [0.15, 0.2) is 0 Å². The molecule has 0 aliphatic carbocycles. The Balaban J connectivity index is 1.50. The molecule has 2 aliphatic rings. The van der Waals surface area contributed by atoms with Gasteiger partial charge in [0.25, 0.3) is 0 Å². The highest BCUT2D eigenvalue weighted by Crippen LogP contribution is 2.31. The summed E-state index contributed by atoms with van der Waals surface area (Å²) >= 11 is 0. The summed E-state index contributed by atoms with van der Waals surface area (Å²) in [5, 5.41) is 0. The molecule has 0 N–H and O–H groups in total. The zero-order valence-electron chi connectivity index (χ0n) is 17.9. The summed E-state index contributed by atoms with van der Waals surface area (Å²) in [6.07, 6.45) is 5.84. The van der Waals surface area contributed by atoms with E-state index in [1.54, 1.807) is 0 Å². The third-order valence-corrected chi connectivity index (χ3v) is 6.39. The molecule has 1 aromatic heterocycles. The minimum absolute atomic E-state index is 0.214. The van der Waals surface area contributed by atoms with Crippen molar-refractivity contribution in [2.24, 2.45) is 0 Å². The quantitative estimate of drug-likeness (QED) is 0.584. The van der Waals surface area contributed by atoms with Gasteiger partial charge in [-0.05, 0) is 49.1 Å². The number of anilines is 1. The van der Waals surface area contributed by atoms with E-state index in [1.165, 1.54) is 48.9 Å². The number of hydrogen-bond acceptors (Lipinski definition) is 4. The predicted molar refractivity (Wildman–Crippen MR) is 122 cm³/mol. The fourth-order valence-corrected chi connectivity index (χ4v) is 4.71. The third kappa shape index (κ3) is 4.62. The maximum atomic E-state index is 13.6. The molecule has 5 rings (SSSR count). The van der Waals surface area contributed by atoms with Gasteiger partial charge >= 0.3 is 0 Å². The van der Waals surface area contributed by atoms with Crippen LogP contribution in [0, 0.1) is 5.82 Å². The van der Waals surface area contributed by atoms with Gasteiger partial charge < -0.3 is 4.90 Å².